The number of hydrogen-bond donors (Lipinski definition) is 2. The Morgan fingerprint density at radius 3 is 3.18 bits per heavy atom. The van der Waals surface area contributed by atoms with Crippen molar-refractivity contribution in [2.24, 2.45) is 7.05 Å². The maximum absolute atomic E-state index is 8.72. The van der Waals surface area contributed by atoms with Crippen LogP contribution in [0.1, 0.15) is 49.4 Å². The molecule has 1 aromatic rings. The van der Waals surface area contributed by atoms with E-state index in [0.717, 1.165) is 32.2 Å². The van der Waals surface area contributed by atoms with Gasteiger partial charge < -0.3 is 10.4 Å². The lowest BCUT2D eigenvalue weighted by molar-refractivity contribution is 0.282. The van der Waals surface area contributed by atoms with Crippen molar-refractivity contribution < 1.29 is 5.11 Å². The van der Waals surface area contributed by atoms with E-state index in [-0.39, 0.29) is 0 Å². The molecule has 17 heavy (non-hydrogen) atoms. The van der Waals surface area contributed by atoms with Crippen molar-refractivity contribution in [3.8, 4) is 0 Å². The zero-order valence-electron chi connectivity index (χ0n) is 10.7. The summed E-state index contributed by atoms with van der Waals surface area (Å²) in [7, 11) is 2.03. The smallest absolute Gasteiger partial charge is 0.0540 e. The molecule has 4 heteroatoms. The maximum Gasteiger partial charge on any atom is 0.0540 e. The van der Waals surface area contributed by atoms with Crippen molar-refractivity contribution in [1.29, 1.82) is 0 Å². The maximum atomic E-state index is 8.72. The molecule has 1 heterocycles. The topological polar surface area (TPSA) is 50.1 Å². The predicted octanol–water partition coefficient (Wildman–Crippen LogP) is 1.55. The highest BCUT2D eigenvalue weighted by atomic mass is 16.2. The van der Waals surface area contributed by atoms with E-state index in [1.165, 1.54) is 24.1 Å². The third-order valence-corrected chi connectivity index (χ3v) is 3.60. The Labute approximate surface area is 103 Å². The molecular formula is C13H23N3O. The highest BCUT2D eigenvalue weighted by Crippen LogP contribution is 2.28. The second kappa shape index (κ2) is 6.17. The Morgan fingerprint density at radius 2 is 2.35 bits per heavy atom. The Morgan fingerprint density at radius 1 is 1.47 bits per heavy atom. The summed E-state index contributed by atoms with van der Waals surface area (Å²) < 4.78 is 2.01. The number of hydrogen-bond acceptors (Lipinski definition) is 3. The number of rotatable bonds is 6. The number of aliphatic hydroxyl groups excluding tert-OH is 1. The van der Waals surface area contributed by atoms with Crippen molar-refractivity contribution in [2.75, 3.05) is 13.2 Å². The molecule has 0 aliphatic heterocycles. The van der Waals surface area contributed by atoms with Crippen molar-refractivity contribution in [3.63, 3.8) is 0 Å². The standard InChI is InChI=1S/C13H23N3O/c1-16-13-7-5-6-12(11(13)10-15-16)14-8-3-2-4-9-17/h10,12,14,17H,2-9H2,1H3. The Hall–Kier alpha value is -0.870. The minimum absolute atomic E-state index is 0.316. The van der Waals surface area contributed by atoms with Crippen LogP contribution in [-0.2, 0) is 13.5 Å². The molecule has 4 nitrogen and oxygen atoms in total. The molecule has 0 fully saturated rings. The van der Waals surface area contributed by atoms with Crippen LogP contribution in [0.3, 0.4) is 0 Å². The SMILES string of the molecule is Cn1ncc2c1CCCC2NCCCCCO. The summed E-state index contributed by atoms with van der Waals surface area (Å²) in [6.45, 7) is 1.36. The van der Waals surface area contributed by atoms with Gasteiger partial charge in [0, 0.05) is 31.0 Å². The summed E-state index contributed by atoms with van der Waals surface area (Å²) in [5.74, 6) is 0. The fourth-order valence-corrected chi connectivity index (χ4v) is 2.61. The van der Waals surface area contributed by atoms with Crippen LogP contribution in [0, 0.1) is 0 Å². The van der Waals surface area contributed by atoms with Gasteiger partial charge in [-0.1, -0.05) is 0 Å². The average Bonchev–Trinajstić information content (AvgIpc) is 2.72. The van der Waals surface area contributed by atoms with E-state index < -0.39 is 0 Å². The Bertz CT molecular complexity index is 348. The summed E-state index contributed by atoms with van der Waals surface area (Å²) in [5, 5.41) is 16.7. The lowest BCUT2D eigenvalue weighted by Crippen LogP contribution is -2.26. The highest BCUT2D eigenvalue weighted by Gasteiger charge is 2.22. The van der Waals surface area contributed by atoms with Gasteiger partial charge in [-0.2, -0.15) is 5.10 Å². The van der Waals surface area contributed by atoms with Crippen LogP contribution in [0.15, 0.2) is 6.20 Å². The fourth-order valence-electron chi connectivity index (χ4n) is 2.61. The van der Waals surface area contributed by atoms with Crippen LogP contribution in [-0.4, -0.2) is 28.0 Å². The number of nitrogens with one attached hydrogen (secondary N) is 1. The lowest BCUT2D eigenvalue weighted by atomic mass is 9.93. The highest BCUT2D eigenvalue weighted by molar-refractivity contribution is 5.24. The predicted molar refractivity (Wildman–Crippen MR) is 67.8 cm³/mol. The van der Waals surface area contributed by atoms with Gasteiger partial charge in [0.05, 0.1) is 6.20 Å². The number of aryl methyl sites for hydroxylation is 1. The Kier molecular flexibility index (Phi) is 4.57. The molecule has 0 saturated heterocycles. The van der Waals surface area contributed by atoms with Gasteiger partial charge in [-0.25, -0.2) is 0 Å². The van der Waals surface area contributed by atoms with Crippen LogP contribution in [0.2, 0.25) is 0 Å². The fraction of sp³-hybridized carbons (Fsp3) is 0.769. The summed E-state index contributed by atoms with van der Waals surface area (Å²) in [6, 6.07) is 0.488. The molecule has 0 bridgehead atoms. The first-order valence-corrected chi connectivity index (χ1v) is 6.68. The minimum Gasteiger partial charge on any atom is -0.396 e. The molecule has 0 amide bonds. The number of nitrogens with zero attached hydrogens (tertiary/aromatic N) is 2. The number of unbranched alkanes of at least 4 members (excludes halogenated alkanes) is 2. The van der Waals surface area contributed by atoms with Crippen LogP contribution in [0.5, 0.6) is 0 Å². The molecule has 1 atom stereocenters. The van der Waals surface area contributed by atoms with Gasteiger partial charge in [0.1, 0.15) is 0 Å². The van der Waals surface area contributed by atoms with E-state index in [4.69, 9.17) is 5.11 Å². The van der Waals surface area contributed by atoms with Crippen LogP contribution >= 0.6 is 0 Å². The Balaban J connectivity index is 1.82. The molecule has 0 spiro atoms. The molecule has 1 aliphatic carbocycles. The van der Waals surface area contributed by atoms with Gasteiger partial charge in [0.15, 0.2) is 0 Å². The van der Waals surface area contributed by atoms with Crippen molar-refractivity contribution >= 4 is 0 Å². The molecular weight excluding hydrogens is 214 g/mol. The van der Waals surface area contributed by atoms with E-state index in [0.29, 0.717) is 12.6 Å². The quantitative estimate of drug-likeness (QED) is 0.738. The van der Waals surface area contributed by atoms with Gasteiger partial charge in [0.25, 0.3) is 0 Å². The minimum atomic E-state index is 0.316. The van der Waals surface area contributed by atoms with Gasteiger partial charge in [-0.05, 0) is 45.1 Å². The summed E-state index contributed by atoms with van der Waals surface area (Å²) in [6.07, 6.45) is 8.82. The van der Waals surface area contributed by atoms with Crippen LogP contribution in [0.25, 0.3) is 0 Å². The van der Waals surface area contributed by atoms with Gasteiger partial charge >= 0.3 is 0 Å². The molecule has 2 N–H and O–H groups in total. The third-order valence-electron chi connectivity index (χ3n) is 3.60. The lowest BCUT2D eigenvalue weighted by Gasteiger charge is -2.23. The number of aromatic nitrogens is 2. The number of aliphatic hydroxyl groups is 1. The number of fused-ring (bicyclic) bond motifs is 1. The molecule has 1 aliphatic rings. The molecule has 1 aromatic heterocycles. The summed E-state index contributed by atoms with van der Waals surface area (Å²) in [5.41, 5.74) is 2.78. The second-order valence-electron chi connectivity index (χ2n) is 4.85. The molecule has 1 unspecified atom stereocenters. The normalized spacial score (nSPS) is 19.3. The van der Waals surface area contributed by atoms with Gasteiger partial charge in [-0.3, -0.25) is 4.68 Å². The second-order valence-corrected chi connectivity index (χ2v) is 4.85. The van der Waals surface area contributed by atoms with Crippen molar-refractivity contribution in [2.45, 2.75) is 44.6 Å². The first-order chi connectivity index (χ1) is 8.33. The third kappa shape index (κ3) is 3.07. The largest absolute Gasteiger partial charge is 0.396 e. The van der Waals surface area contributed by atoms with E-state index in [2.05, 4.69) is 10.4 Å². The van der Waals surface area contributed by atoms with E-state index in [1.807, 2.05) is 17.9 Å². The zero-order chi connectivity index (χ0) is 12.1. The first-order valence-electron chi connectivity index (χ1n) is 6.68. The molecule has 0 aromatic carbocycles. The average molecular weight is 237 g/mol. The zero-order valence-corrected chi connectivity index (χ0v) is 10.7. The van der Waals surface area contributed by atoms with Crippen LogP contribution in [0.4, 0.5) is 0 Å². The summed E-state index contributed by atoms with van der Waals surface area (Å²) in [4.78, 5) is 0. The molecule has 96 valence electrons. The van der Waals surface area contributed by atoms with Crippen LogP contribution < -0.4 is 5.32 Å². The van der Waals surface area contributed by atoms with Gasteiger partial charge in [-0.15, -0.1) is 0 Å². The monoisotopic (exact) mass is 237 g/mol. The first kappa shape index (κ1) is 12.6. The van der Waals surface area contributed by atoms with E-state index in [1.54, 1.807) is 0 Å². The molecule has 0 saturated carbocycles. The molecule has 2 rings (SSSR count). The molecule has 0 radical (unpaired) electrons. The summed E-state index contributed by atoms with van der Waals surface area (Å²) >= 11 is 0. The van der Waals surface area contributed by atoms with Crippen molar-refractivity contribution in [3.05, 3.63) is 17.5 Å². The van der Waals surface area contributed by atoms with E-state index >= 15 is 0 Å². The van der Waals surface area contributed by atoms with Gasteiger partial charge in [0.2, 0.25) is 0 Å². The van der Waals surface area contributed by atoms with E-state index in [9.17, 15) is 0 Å². The van der Waals surface area contributed by atoms with Crippen molar-refractivity contribution in [1.82, 2.24) is 15.1 Å².